The van der Waals surface area contributed by atoms with Crippen molar-refractivity contribution >= 4 is 5.91 Å². The fraction of sp³-hybridized carbons (Fsp3) is 0.364. The van der Waals surface area contributed by atoms with Crippen LogP contribution in [0.3, 0.4) is 0 Å². The van der Waals surface area contributed by atoms with E-state index in [9.17, 15) is 24.5 Å². The first kappa shape index (κ1) is 13.4. The molecule has 0 radical (unpaired) electrons. The van der Waals surface area contributed by atoms with Gasteiger partial charge in [0.1, 0.15) is 12.2 Å². The van der Waals surface area contributed by atoms with Crippen molar-refractivity contribution in [3.63, 3.8) is 0 Å². The number of phenolic OH excluding ortho intramolecular Hbond substituents is 1. The zero-order valence-electron chi connectivity index (χ0n) is 9.22. The van der Waals surface area contributed by atoms with E-state index >= 15 is 0 Å². The Kier molecular flexibility index (Phi) is 4.42. The molecule has 1 rings (SSSR count). The Morgan fingerprint density at radius 3 is 2.71 bits per heavy atom. The summed E-state index contributed by atoms with van der Waals surface area (Å²) in [6.45, 7) is 1.07. The number of carbonyl (C=O) groups excluding carboxylic acids is 1. The molecule has 0 fully saturated rings. The highest BCUT2D eigenvalue weighted by atomic mass is 19.1. The molecule has 6 heteroatoms. The molecule has 0 spiro atoms. The van der Waals surface area contributed by atoms with Gasteiger partial charge in [-0.15, -0.1) is 0 Å². The van der Waals surface area contributed by atoms with Crippen LogP contribution in [-0.4, -0.2) is 33.9 Å². The summed E-state index contributed by atoms with van der Waals surface area (Å²) >= 11 is 0. The van der Waals surface area contributed by atoms with E-state index in [1.807, 2.05) is 0 Å². The lowest BCUT2D eigenvalue weighted by atomic mass is 10.0. The molecule has 0 aromatic heterocycles. The lowest BCUT2D eigenvalue weighted by molar-refractivity contribution is -0.119. The van der Waals surface area contributed by atoms with Gasteiger partial charge in [0.2, 0.25) is 5.91 Å². The van der Waals surface area contributed by atoms with Crippen LogP contribution in [0.5, 0.6) is 5.75 Å². The number of carbonyl (C=O) groups is 1. The average molecular weight is 243 g/mol. The third-order valence-corrected chi connectivity index (χ3v) is 2.26. The largest absolute Gasteiger partial charge is 0.505 e. The maximum Gasteiger partial charge on any atom is 0.216 e. The summed E-state index contributed by atoms with van der Waals surface area (Å²) in [6.07, 6.45) is -2.80. The van der Waals surface area contributed by atoms with Gasteiger partial charge in [-0.2, -0.15) is 0 Å². The molecule has 1 aromatic carbocycles. The third-order valence-electron chi connectivity index (χ3n) is 2.26. The minimum atomic E-state index is -1.47. The van der Waals surface area contributed by atoms with Crippen LogP contribution in [0, 0.1) is 5.82 Å². The first-order valence-corrected chi connectivity index (χ1v) is 5.01. The highest BCUT2D eigenvalue weighted by Crippen LogP contribution is 2.28. The summed E-state index contributed by atoms with van der Waals surface area (Å²) in [5.74, 6) is -1.95. The topological polar surface area (TPSA) is 89.8 Å². The Balaban J connectivity index is 2.77. The number of nitrogens with one attached hydrogen (secondary N) is 1. The predicted octanol–water partition coefficient (Wildman–Crippen LogP) is 0.0617. The first-order valence-electron chi connectivity index (χ1n) is 5.01. The Morgan fingerprint density at radius 2 is 2.12 bits per heavy atom. The third kappa shape index (κ3) is 3.40. The Morgan fingerprint density at radius 1 is 1.47 bits per heavy atom. The SMILES string of the molecule is CC(=O)NCC(O)C(O)c1cccc(F)c1O. The van der Waals surface area contributed by atoms with E-state index in [0.29, 0.717) is 0 Å². The Bertz CT molecular complexity index is 410. The Labute approximate surface area is 97.5 Å². The van der Waals surface area contributed by atoms with Gasteiger partial charge in [-0.25, -0.2) is 4.39 Å². The predicted molar refractivity (Wildman–Crippen MR) is 57.7 cm³/mol. The number of benzene rings is 1. The fourth-order valence-corrected chi connectivity index (χ4v) is 1.34. The molecule has 0 heterocycles. The van der Waals surface area contributed by atoms with Crippen molar-refractivity contribution in [2.45, 2.75) is 19.1 Å². The lowest BCUT2D eigenvalue weighted by Crippen LogP contribution is -2.34. The van der Waals surface area contributed by atoms with E-state index < -0.39 is 23.8 Å². The number of hydrogen-bond acceptors (Lipinski definition) is 4. The number of hydrogen-bond donors (Lipinski definition) is 4. The summed E-state index contributed by atoms with van der Waals surface area (Å²) in [7, 11) is 0. The van der Waals surface area contributed by atoms with Crippen molar-refractivity contribution in [3.05, 3.63) is 29.6 Å². The molecule has 0 aliphatic heterocycles. The number of aliphatic hydroxyl groups excluding tert-OH is 2. The molecular weight excluding hydrogens is 229 g/mol. The quantitative estimate of drug-likeness (QED) is 0.602. The zero-order chi connectivity index (χ0) is 13.0. The van der Waals surface area contributed by atoms with Gasteiger partial charge >= 0.3 is 0 Å². The molecule has 0 saturated carbocycles. The molecule has 0 saturated heterocycles. The van der Waals surface area contributed by atoms with Gasteiger partial charge in [0, 0.05) is 19.0 Å². The van der Waals surface area contributed by atoms with Crippen LogP contribution in [0.4, 0.5) is 4.39 Å². The van der Waals surface area contributed by atoms with Gasteiger partial charge in [0.15, 0.2) is 11.6 Å². The van der Waals surface area contributed by atoms with Crippen LogP contribution in [0.1, 0.15) is 18.6 Å². The zero-order valence-corrected chi connectivity index (χ0v) is 9.22. The molecule has 2 atom stereocenters. The molecule has 0 bridgehead atoms. The van der Waals surface area contributed by atoms with Gasteiger partial charge in [-0.3, -0.25) is 4.79 Å². The summed E-state index contributed by atoms with van der Waals surface area (Å²) in [5.41, 5.74) is -0.122. The normalized spacial score (nSPS) is 14.1. The van der Waals surface area contributed by atoms with Crippen LogP contribution >= 0.6 is 0 Å². The molecule has 0 aliphatic carbocycles. The van der Waals surface area contributed by atoms with Gasteiger partial charge in [0.25, 0.3) is 0 Å². The number of halogens is 1. The molecule has 5 nitrogen and oxygen atoms in total. The summed E-state index contributed by atoms with van der Waals surface area (Å²) < 4.78 is 13.0. The number of para-hydroxylation sites is 1. The summed E-state index contributed by atoms with van der Waals surface area (Å²) in [5, 5.41) is 30.9. The molecule has 0 aliphatic rings. The summed E-state index contributed by atoms with van der Waals surface area (Å²) in [4.78, 5) is 10.6. The number of amides is 1. The second-order valence-electron chi connectivity index (χ2n) is 3.63. The first-order chi connectivity index (χ1) is 7.93. The number of rotatable bonds is 4. The van der Waals surface area contributed by atoms with Gasteiger partial charge in [-0.05, 0) is 6.07 Å². The van der Waals surface area contributed by atoms with Crippen LogP contribution < -0.4 is 5.32 Å². The van der Waals surface area contributed by atoms with E-state index in [-0.39, 0.29) is 18.0 Å². The number of phenols is 1. The molecule has 17 heavy (non-hydrogen) atoms. The van der Waals surface area contributed by atoms with Crippen LogP contribution in [-0.2, 0) is 4.79 Å². The molecular formula is C11H14FNO4. The van der Waals surface area contributed by atoms with E-state index in [1.165, 1.54) is 19.1 Å². The number of aromatic hydroxyl groups is 1. The van der Waals surface area contributed by atoms with Gasteiger partial charge in [-0.1, -0.05) is 12.1 Å². The van der Waals surface area contributed by atoms with Crippen molar-refractivity contribution in [2.24, 2.45) is 0 Å². The maximum absolute atomic E-state index is 13.0. The summed E-state index contributed by atoms with van der Waals surface area (Å²) in [6, 6.07) is 3.63. The number of aliphatic hydroxyl groups is 2. The van der Waals surface area contributed by atoms with E-state index in [2.05, 4.69) is 5.32 Å². The van der Waals surface area contributed by atoms with Crippen LogP contribution in [0.15, 0.2) is 18.2 Å². The molecule has 2 unspecified atom stereocenters. The lowest BCUT2D eigenvalue weighted by Gasteiger charge is -2.19. The average Bonchev–Trinajstić information content (AvgIpc) is 2.28. The van der Waals surface area contributed by atoms with Gasteiger partial charge in [0.05, 0.1) is 0 Å². The van der Waals surface area contributed by atoms with E-state index in [0.717, 1.165) is 6.07 Å². The Hall–Kier alpha value is -1.66. The van der Waals surface area contributed by atoms with Crippen molar-refractivity contribution in [1.29, 1.82) is 0 Å². The minimum Gasteiger partial charge on any atom is -0.505 e. The van der Waals surface area contributed by atoms with Gasteiger partial charge < -0.3 is 20.6 Å². The maximum atomic E-state index is 13.0. The standard InChI is InChI=1S/C11H14FNO4/c1-6(14)13-5-9(15)11(17)7-3-2-4-8(12)10(7)16/h2-4,9,11,15-17H,5H2,1H3,(H,13,14). The highest BCUT2D eigenvalue weighted by Gasteiger charge is 2.22. The minimum absolute atomic E-state index is 0.122. The highest BCUT2D eigenvalue weighted by molar-refractivity contribution is 5.72. The molecule has 1 aromatic rings. The van der Waals surface area contributed by atoms with Crippen molar-refractivity contribution in [2.75, 3.05) is 6.54 Å². The van der Waals surface area contributed by atoms with Crippen LogP contribution in [0.25, 0.3) is 0 Å². The van der Waals surface area contributed by atoms with Crippen molar-refractivity contribution in [3.8, 4) is 5.75 Å². The van der Waals surface area contributed by atoms with Crippen molar-refractivity contribution in [1.82, 2.24) is 5.32 Å². The second-order valence-corrected chi connectivity index (χ2v) is 3.63. The molecule has 4 N–H and O–H groups in total. The van der Waals surface area contributed by atoms with Crippen LogP contribution in [0.2, 0.25) is 0 Å². The molecule has 1 amide bonds. The fourth-order valence-electron chi connectivity index (χ4n) is 1.34. The van der Waals surface area contributed by atoms with E-state index in [1.54, 1.807) is 0 Å². The van der Waals surface area contributed by atoms with Crippen molar-refractivity contribution < 1.29 is 24.5 Å². The smallest absolute Gasteiger partial charge is 0.216 e. The van der Waals surface area contributed by atoms with E-state index in [4.69, 9.17) is 0 Å². The second kappa shape index (κ2) is 5.60. The molecule has 94 valence electrons. The monoisotopic (exact) mass is 243 g/mol.